The van der Waals surface area contributed by atoms with E-state index in [0.29, 0.717) is 18.0 Å². The number of carbonyl (C=O) groups is 1. The topological polar surface area (TPSA) is 70.2 Å². The Kier molecular flexibility index (Phi) is 7.51. The summed E-state index contributed by atoms with van der Waals surface area (Å²) in [6.45, 7) is 4.86. The molecule has 0 atom stereocenters. The molecule has 5 rings (SSSR count). The molecular weight excluding hydrogens is 436 g/mol. The number of fused-ring (bicyclic) bond motifs is 1. The lowest BCUT2D eigenvalue weighted by Crippen LogP contribution is -2.41. The van der Waals surface area contributed by atoms with Crippen molar-refractivity contribution in [3.8, 4) is 0 Å². The molecule has 0 saturated carbocycles. The number of nitrogens with zero attached hydrogens (tertiary/aromatic N) is 2. The summed E-state index contributed by atoms with van der Waals surface area (Å²) >= 11 is 0. The summed E-state index contributed by atoms with van der Waals surface area (Å²) in [7, 11) is 0. The van der Waals surface area contributed by atoms with Gasteiger partial charge in [0.15, 0.2) is 0 Å². The minimum Gasteiger partial charge on any atom is -0.379 e. The number of aromatic nitrogens is 2. The molecule has 1 fully saturated rings. The molecule has 4 aromatic rings. The molecule has 2 N–H and O–H groups in total. The van der Waals surface area contributed by atoms with E-state index in [1.54, 1.807) is 0 Å². The van der Waals surface area contributed by atoms with Crippen molar-refractivity contribution in [3.05, 3.63) is 101 Å². The largest absolute Gasteiger partial charge is 0.379 e. The number of hydrogen-bond acceptors (Lipinski definition) is 4. The first-order chi connectivity index (χ1) is 17.3. The van der Waals surface area contributed by atoms with E-state index >= 15 is 0 Å². The third-order valence-corrected chi connectivity index (χ3v) is 6.68. The van der Waals surface area contributed by atoms with Crippen molar-refractivity contribution >= 4 is 16.9 Å². The molecule has 0 spiro atoms. The first-order valence-electron chi connectivity index (χ1n) is 12.4. The normalized spacial score (nSPS) is 14.4. The number of morpholine rings is 1. The fourth-order valence-corrected chi connectivity index (χ4v) is 4.75. The fourth-order valence-electron chi connectivity index (χ4n) is 4.75. The third kappa shape index (κ3) is 5.96. The van der Waals surface area contributed by atoms with E-state index in [1.165, 1.54) is 11.1 Å². The van der Waals surface area contributed by atoms with Crippen LogP contribution in [0.15, 0.2) is 78.9 Å². The minimum absolute atomic E-state index is 0.0514. The second-order valence-corrected chi connectivity index (χ2v) is 9.04. The van der Waals surface area contributed by atoms with Crippen LogP contribution in [-0.4, -0.2) is 60.2 Å². The van der Waals surface area contributed by atoms with E-state index in [9.17, 15) is 4.79 Å². The van der Waals surface area contributed by atoms with Crippen molar-refractivity contribution < 1.29 is 9.53 Å². The van der Waals surface area contributed by atoms with Crippen LogP contribution in [0.3, 0.4) is 0 Å². The van der Waals surface area contributed by atoms with Crippen LogP contribution in [0.5, 0.6) is 0 Å². The highest BCUT2D eigenvalue weighted by Gasteiger charge is 2.16. The zero-order chi connectivity index (χ0) is 23.9. The highest BCUT2D eigenvalue weighted by atomic mass is 16.5. The Bertz CT molecular complexity index is 1190. The second kappa shape index (κ2) is 11.3. The van der Waals surface area contributed by atoms with Gasteiger partial charge in [0.05, 0.1) is 24.2 Å². The first-order valence-corrected chi connectivity index (χ1v) is 12.4. The summed E-state index contributed by atoms with van der Waals surface area (Å²) in [6.07, 6.45) is 1.77. The van der Waals surface area contributed by atoms with Gasteiger partial charge in [-0.3, -0.25) is 9.69 Å². The second-order valence-electron chi connectivity index (χ2n) is 9.04. The Morgan fingerprint density at radius 2 is 1.66 bits per heavy atom. The molecule has 1 aliphatic heterocycles. The average molecular weight is 469 g/mol. The molecule has 1 saturated heterocycles. The van der Waals surface area contributed by atoms with Gasteiger partial charge < -0.3 is 15.0 Å². The number of nitrogens with one attached hydrogen (secondary N) is 2. The molecule has 180 valence electrons. The molecule has 1 aromatic heterocycles. The summed E-state index contributed by atoms with van der Waals surface area (Å²) in [5.74, 6) is 1.20. The summed E-state index contributed by atoms with van der Waals surface area (Å²) < 4.78 is 5.38. The Morgan fingerprint density at radius 3 is 2.34 bits per heavy atom. The summed E-state index contributed by atoms with van der Waals surface area (Å²) in [6, 6.07) is 27.0. The van der Waals surface area contributed by atoms with Gasteiger partial charge in [-0.1, -0.05) is 60.7 Å². The average Bonchev–Trinajstić information content (AvgIpc) is 3.33. The van der Waals surface area contributed by atoms with Crippen molar-refractivity contribution in [2.75, 3.05) is 39.4 Å². The molecule has 1 aliphatic rings. The highest BCUT2D eigenvalue weighted by molar-refractivity contribution is 5.97. The lowest BCUT2D eigenvalue weighted by atomic mass is 9.87. The molecule has 1 amide bonds. The third-order valence-electron chi connectivity index (χ3n) is 6.68. The Balaban J connectivity index is 1.23. The maximum atomic E-state index is 12.7. The van der Waals surface area contributed by atoms with Gasteiger partial charge in [0.25, 0.3) is 5.91 Å². The van der Waals surface area contributed by atoms with Gasteiger partial charge in [-0.15, -0.1) is 0 Å². The van der Waals surface area contributed by atoms with E-state index in [2.05, 4.69) is 75.9 Å². The number of aryl methyl sites for hydroxylation is 1. The van der Waals surface area contributed by atoms with Gasteiger partial charge in [0.2, 0.25) is 0 Å². The molecule has 0 radical (unpaired) electrons. The number of ether oxygens (including phenoxy) is 1. The van der Waals surface area contributed by atoms with Gasteiger partial charge in [-0.25, -0.2) is 4.98 Å². The summed E-state index contributed by atoms with van der Waals surface area (Å²) in [5.41, 5.74) is 5.07. The van der Waals surface area contributed by atoms with Crippen LogP contribution in [-0.2, 0) is 11.2 Å². The van der Waals surface area contributed by atoms with E-state index in [1.807, 2.05) is 18.2 Å². The molecule has 35 heavy (non-hydrogen) atoms. The number of rotatable bonds is 9. The number of amides is 1. The van der Waals surface area contributed by atoms with Crippen molar-refractivity contribution in [2.45, 2.75) is 18.8 Å². The van der Waals surface area contributed by atoms with Gasteiger partial charge in [0, 0.05) is 44.1 Å². The Labute approximate surface area is 206 Å². The number of benzene rings is 3. The summed E-state index contributed by atoms with van der Waals surface area (Å²) in [4.78, 5) is 23.2. The zero-order valence-corrected chi connectivity index (χ0v) is 20.0. The predicted molar refractivity (Wildman–Crippen MR) is 139 cm³/mol. The fraction of sp³-hybridized carbons (Fsp3) is 0.310. The quantitative estimate of drug-likeness (QED) is 0.382. The van der Waals surface area contributed by atoms with Crippen molar-refractivity contribution in [1.29, 1.82) is 0 Å². The Hall–Kier alpha value is -3.48. The summed E-state index contributed by atoms with van der Waals surface area (Å²) in [5, 5.41) is 3.04. The zero-order valence-electron chi connectivity index (χ0n) is 20.0. The van der Waals surface area contributed by atoms with Gasteiger partial charge in [-0.05, 0) is 35.7 Å². The molecule has 0 aliphatic carbocycles. The number of aromatic amines is 1. The van der Waals surface area contributed by atoms with Gasteiger partial charge in [-0.2, -0.15) is 0 Å². The number of hydrogen-bond donors (Lipinski definition) is 2. The van der Waals surface area contributed by atoms with E-state index < -0.39 is 0 Å². The van der Waals surface area contributed by atoms with Crippen LogP contribution in [0.25, 0.3) is 11.0 Å². The number of carbonyl (C=O) groups excluding carboxylic acids is 1. The van der Waals surface area contributed by atoms with E-state index in [0.717, 1.165) is 62.5 Å². The van der Waals surface area contributed by atoms with Gasteiger partial charge >= 0.3 is 0 Å². The monoisotopic (exact) mass is 468 g/mol. The van der Waals surface area contributed by atoms with Crippen LogP contribution in [0, 0.1) is 0 Å². The Morgan fingerprint density at radius 1 is 0.971 bits per heavy atom. The van der Waals surface area contributed by atoms with Crippen molar-refractivity contribution in [1.82, 2.24) is 20.2 Å². The number of H-pyrrole nitrogens is 1. The van der Waals surface area contributed by atoms with Crippen LogP contribution >= 0.6 is 0 Å². The maximum absolute atomic E-state index is 12.7. The number of imidazole rings is 1. The SMILES string of the molecule is O=C(NCCN1CCOCC1)c1ccc2nc(CCC(c3ccccc3)c3ccccc3)[nH]c2c1. The lowest BCUT2D eigenvalue weighted by molar-refractivity contribution is 0.0383. The molecular formula is C29H32N4O2. The van der Waals surface area contributed by atoms with Crippen molar-refractivity contribution in [3.63, 3.8) is 0 Å². The lowest BCUT2D eigenvalue weighted by Gasteiger charge is -2.26. The molecule has 0 bridgehead atoms. The van der Waals surface area contributed by atoms with Crippen LogP contribution < -0.4 is 5.32 Å². The molecule has 6 heteroatoms. The van der Waals surface area contributed by atoms with E-state index in [-0.39, 0.29) is 5.91 Å². The van der Waals surface area contributed by atoms with Gasteiger partial charge in [0.1, 0.15) is 5.82 Å². The first kappa shape index (κ1) is 23.3. The standard InChI is InChI=1S/C29H32N4O2/c34-29(30-15-16-33-17-19-35-20-18-33)24-11-13-26-27(21-24)32-28(31-26)14-12-25(22-7-3-1-4-8-22)23-9-5-2-6-10-23/h1-11,13,21,25H,12,14-20H2,(H,30,34)(H,31,32). The molecule has 6 nitrogen and oxygen atoms in total. The molecule has 0 unspecified atom stereocenters. The smallest absolute Gasteiger partial charge is 0.251 e. The predicted octanol–water partition coefficient (Wildman–Crippen LogP) is 4.39. The van der Waals surface area contributed by atoms with Crippen LogP contribution in [0.2, 0.25) is 0 Å². The molecule has 3 aromatic carbocycles. The van der Waals surface area contributed by atoms with Crippen LogP contribution in [0.4, 0.5) is 0 Å². The maximum Gasteiger partial charge on any atom is 0.251 e. The molecule has 2 heterocycles. The van der Waals surface area contributed by atoms with Crippen molar-refractivity contribution in [2.24, 2.45) is 0 Å². The van der Waals surface area contributed by atoms with Crippen LogP contribution in [0.1, 0.15) is 39.6 Å². The van der Waals surface area contributed by atoms with E-state index in [4.69, 9.17) is 9.72 Å². The minimum atomic E-state index is -0.0514. The highest BCUT2D eigenvalue weighted by Crippen LogP contribution is 2.29.